The van der Waals surface area contributed by atoms with E-state index in [0.717, 1.165) is 17.3 Å². The average molecular weight is 395 g/mol. The molecule has 0 aliphatic carbocycles. The lowest BCUT2D eigenvalue weighted by Crippen LogP contribution is -2.39. The van der Waals surface area contributed by atoms with Gasteiger partial charge in [0.25, 0.3) is 0 Å². The predicted octanol–water partition coefficient (Wildman–Crippen LogP) is 3.38. The molecule has 5 heteroatoms. The van der Waals surface area contributed by atoms with E-state index in [1.54, 1.807) is 12.1 Å². The van der Waals surface area contributed by atoms with Gasteiger partial charge in [0.15, 0.2) is 0 Å². The molecule has 1 unspecified atom stereocenters. The molecule has 1 aromatic carbocycles. The summed E-state index contributed by atoms with van der Waals surface area (Å²) >= 11 is 2.21. The maximum Gasteiger partial charge on any atom is 0.240 e. The second-order valence-corrected chi connectivity index (χ2v) is 7.61. The van der Waals surface area contributed by atoms with Gasteiger partial charge in [-0.2, -0.15) is 0 Å². The van der Waals surface area contributed by atoms with E-state index < -0.39 is 10.0 Å². The highest BCUT2D eigenvalue weighted by molar-refractivity contribution is 14.1. The molecule has 0 radical (unpaired) electrons. The Morgan fingerprint density at radius 2 is 1.79 bits per heavy atom. The first-order valence-corrected chi connectivity index (χ1v) is 9.58. The zero-order valence-corrected chi connectivity index (χ0v) is 14.7. The van der Waals surface area contributed by atoms with Crippen LogP contribution in [0.3, 0.4) is 0 Å². The maximum atomic E-state index is 12.3. The van der Waals surface area contributed by atoms with E-state index in [9.17, 15) is 8.42 Å². The Morgan fingerprint density at radius 3 is 2.21 bits per heavy atom. The molecular formula is C14H22INO2S. The third kappa shape index (κ3) is 5.04. The monoisotopic (exact) mass is 395 g/mol. The third-order valence-corrected chi connectivity index (χ3v) is 5.50. The van der Waals surface area contributed by atoms with Gasteiger partial charge in [0, 0.05) is 10.5 Å². The summed E-state index contributed by atoms with van der Waals surface area (Å²) < 4.78 is 28.1. The number of alkyl halides is 1. The molecule has 1 N–H and O–H groups in total. The SMILES string of the molecule is CCCc1ccc(S(=O)(=O)NC(CI)C(C)C)cc1. The second-order valence-electron chi connectivity index (χ2n) is 5.02. The molecule has 1 atom stereocenters. The number of aryl methyl sites for hydroxylation is 1. The van der Waals surface area contributed by atoms with E-state index >= 15 is 0 Å². The average Bonchev–Trinajstić information content (AvgIpc) is 2.37. The van der Waals surface area contributed by atoms with Crippen molar-refractivity contribution in [2.45, 2.75) is 44.6 Å². The number of hydrogen-bond acceptors (Lipinski definition) is 2. The van der Waals surface area contributed by atoms with Gasteiger partial charge < -0.3 is 0 Å². The van der Waals surface area contributed by atoms with Crippen molar-refractivity contribution in [3.8, 4) is 0 Å². The number of hydrogen-bond donors (Lipinski definition) is 1. The van der Waals surface area contributed by atoms with Gasteiger partial charge in [0.1, 0.15) is 0 Å². The summed E-state index contributed by atoms with van der Waals surface area (Å²) in [5.41, 5.74) is 1.18. The van der Waals surface area contributed by atoms with Crippen LogP contribution < -0.4 is 4.72 Å². The van der Waals surface area contributed by atoms with Crippen LogP contribution in [0.15, 0.2) is 29.2 Å². The lowest BCUT2D eigenvalue weighted by molar-refractivity contribution is 0.486. The van der Waals surface area contributed by atoms with E-state index in [1.807, 2.05) is 26.0 Å². The van der Waals surface area contributed by atoms with E-state index in [-0.39, 0.29) is 12.0 Å². The summed E-state index contributed by atoms with van der Waals surface area (Å²) in [6, 6.07) is 7.15. The molecule has 0 aromatic heterocycles. The molecule has 0 saturated carbocycles. The maximum absolute atomic E-state index is 12.3. The molecule has 19 heavy (non-hydrogen) atoms. The lowest BCUT2D eigenvalue weighted by Gasteiger charge is -2.20. The van der Waals surface area contributed by atoms with Gasteiger partial charge in [-0.1, -0.05) is 61.9 Å². The van der Waals surface area contributed by atoms with Gasteiger partial charge >= 0.3 is 0 Å². The van der Waals surface area contributed by atoms with E-state index in [1.165, 1.54) is 5.56 Å². The minimum Gasteiger partial charge on any atom is -0.207 e. The zero-order chi connectivity index (χ0) is 14.5. The van der Waals surface area contributed by atoms with Gasteiger partial charge in [-0.15, -0.1) is 0 Å². The fourth-order valence-electron chi connectivity index (χ4n) is 1.74. The van der Waals surface area contributed by atoms with Crippen molar-refractivity contribution in [2.24, 2.45) is 5.92 Å². The van der Waals surface area contributed by atoms with Gasteiger partial charge in [0.2, 0.25) is 10.0 Å². The molecule has 0 fully saturated rings. The quantitative estimate of drug-likeness (QED) is 0.569. The highest BCUT2D eigenvalue weighted by Crippen LogP contribution is 2.15. The van der Waals surface area contributed by atoms with Crippen molar-refractivity contribution in [3.05, 3.63) is 29.8 Å². The predicted molar refractivity (Wildman–Crippen MR) is 88.3 cm³/mol. The summed E-state index contributed by atoms with van der Waals surface area (Å²) in [5.74, 6) is 0.283. The molecule has 0 amide bonds. The third-order valence-electron chi connectivity index (χ3n) is 3.05. The molecule has 108 valence electrons. The first-order valence-electron chi connectivity index (χ1n) is 6.58. The molecule has 1 rings (SSSR count). The molecule has 1 aromatic rings. The van der Waals surface area contributed by atoms with Crippen LogP contribution in [0.25, 0.3) is 0 Å². The summed E-state index contributed by atoms with van der Waals surface area (Å²) in [6.45, 7) is 6.16. The van der Waals surface area contributed by atoms with Crippen molar-refractivity contribution >= 4 is 32.6 Å². The standard InChI is InChI=1S/C14H22INO2S/c1-4-5-12-6-8-13(9-7-12)19(17,18)16-14(10-15)11(2)3/h6-9,11,14,16H,4-5,10H2,1-3H3. The van der Waals surface area contributed by atoms with Crippen LogP contribution in [-0.4, -0.2) is 18.9 Å². The molecule has 0 saturated heterocycles. The van der Waals surface area contributed by atoms with Gasteiger partial charge in [-0.05, 0) is 30.0 Å². The summed E-state index contributed by atoms with van der Waals surface area (Å²) in [5, 5.41) is 0. The number of sulfonamides is 1. The Morgan fingerprint density at radius 1 is 1.21 bits per heavy atom. The van der Waals surface area contributed by atoms with Crippen LogP contribution in [0.4, 0.5) is 0 Å². The molecule has 0 heterocycles. The Labute approximate surface area is 130 Å². The fraction of sp³-hybridized carbons (Fsp3) is 0.571. The van der Waals surface area contributed by atoms with E-state index in [4.69, 9.17) is 0 Å². The van der Waals surface area contributed by atoms with Crippen molar-refractivity contribution in [1.29, 1.82) is 0 Å². The van der Waals surface area contributed by atoms with Gasteiger partial charge in [-0.25, -0.2) is 13.1 Å². The van der Waals surface area contributed by atoms with E-state index in [0.29, 0.717) is 4.90 Å². The van der Waals surface area contributed by atoms with Crippen molar-refractivity contribution < 1.29 is 8.42 Å². The largest absolute Gasteiger partial charge is 0.240 e. The Bertz CT molecular complexity index is 483. The first kappa shape index (κ1) is 16.9. The molecule has 0 aliphatic heterocycles. The Balaban J connectivity index is 2.87. The van der Waals surface area contributed by atoms with Crippen LogP contribution in [0.1, 0.15) is 32.8 Å². The zero-order valence-electron chi connectivity index (χ0n) is 11.7. The molecular weight excluding hydrogens is 373 g/mol. The second kappa shape index (κ2) is 7.59. The van der Waals surface area contributed by atoms with Crippen LogP contribution in [0.2, 0.25) is 0 Å². The number of rotatable bonds is 7. The van der Waals surface area contributed by atoms with Crippen LogP contribution in [0.5, 0.6) is 0 Å². The number of halogens is 1. The summed E-state index contributed by atoms with van der Waals surface area (Å²) in [6.07, 6.45) is 2.05. The molecule has 0 aliphatic rings. The molecule has 3 nitrogen and oxygen atoms in total. The lowest BCUT2D eigenvalue weighted by atomic mass is 10.1. The molecule has 0 bridgehead atoms. The number of benzene rings is 1. The molecule has 0 spiro atoms. The van der Waals surface area contributed by atoms with Crippen molar-refractivity contribution in [3.63, 3.8) is 0 Å². The van der Waals surface area contributed by atoms with Gasteiger partial charge in [0.05, 0.1) is 4.90 Å². The minimum absolute atomic E-state index is 0.0269. The fourth-order valence-corrected chi connectivity index (χ4v) is 4.66. The normalized spacial score (nSPS) is 13.7. The smallest absolute Gasteiger partial charge is 0.207 e. The number of nitrogens with one attached hydrogen (secondary N) is 1. The van der Waals surface area contributed by atoms with Gasteiger partial charge in [-0.3, -0.25) is 0 Å². The van der Waals surface area contributed by atoms with Crippen LogP contribution >= 0.6 is 22.6 Å². The topological polar surface area (TPSA) is 46.2 Å². The highest BCUT2D eigenvalue weighted by Gasteiger charge is 2.21. The first-order chi connectivity index (χ1) is 8.90. The van der Waals surface area contributed by atoms with Crippen molar-refractivity contribution in [1.82, 2.24) is 4.72 Å². The summed E-state index contributed by atoms with van der Waals surface area (Å²) in [4.78, 5) is 0.350. The Kier molecular flexibility index (Phi) is 6.76. The minimum atomic E-state index is -3.40. The van der Waals surface area contributed by atoms with E-state index in [2.05, 4.69) is 34.2 Å². The van der Waals surface area contributed by atoms with Crippen molar-refractivity contribution in [2.75, 3.05) is 4.43 Å². The highest BCUT2D eigenvalue weighted by atomic mass is 127. The van der Waals surface area contributed by atoms with Crippen LogP contribution in [-0.2, 0) is 16.4 Å². The summed E-state index contributed by atoms with van der Waals surface area (Å²) in [7, 11) is -3.40. The van der Waals surface area contributed by atoms with Crippen LogP contribution in [0, 0.1) is 5.92 Å². The Hall–Kier alpha value is -0.140.